The van der Waals surface area contributed by atoms with Gasteiger partial charge in [0.2, 0.25) is 0 Å². The number of nitrogens with one attached hydrogen (secondary N) is 1. The van der Waals surface area contributed by atoms with Crippen molar-refractivity contribution in [3.8, 4) is 5.75 Å². The Kier molecular flexibility index (Phi) is 4.55. The van der Waals surface area contributed by atoms with Crippen LogP contribution in [0.2, 0.25) is 0 Å². The zero-order valence-electron chi connectivity index (χ0n) is 11.2. The molecule has 0 heterocycles. The van der Waals surface area contributed by atoms with Crippen LogP contribution < -0.4 is 10.1 Å². The van der Waals surface area contributed by atoms with E-state index in [1.807, 2.05) is 30.3 Å². The lowest BCUT2D eigenvalue weighted by Gasteiger charge is -2.10. The monoisotopic (exact) mass is 272 g/mol. The number of hydrogen-bond donors (Lipinski definition) is 1. The van der Waals surface area contributed by atoms with Crippen molar-refractivity contribution in [1.82, 2.24) is 0 Å². The van der Waals surface area contributed by atoms with Crippen molar-refractivity contribution in [3.05, 3.63) is 64.2 Å². The van der Waals surface area contributed by atoms with Crippen LogP contribution in [-0.4, -0.2) is 18.6 Å². The van der Waals surface area contributed by atoms with Gasteiger partial charge in [-0.15, -0.1) is 0 Å². The lowest BCUT2D eigenvalue weighted by Crippen LogP contribution is -2.06. The van der Waals surface area contributed by atoms with Gasteiger partial charge in [0, 0.05) is 18.7 Å². The predicted octanol–water partition coefficient (Wildman–Crippen LogP) is 3.26. The highest BCUT2D eigenvalue weighted by atomic mass is 16.6. The Morgan fingerprint density at radius 3 is 2.60 bits per heavy atom. The van der Waals surface area contributed by atoms with Gasteiger partial charge in [0.15, 0.2) is 0 Å². The molecule has 0 aliphatic heterocycles. The first-order chi connectivity index (χ1) is 9.70. The largest absolute Gasteiger partial charge is 0.495 e. The van der Waals surface area contributed by atoms with Gasteiger partial charge >= 0.3 is 0 Å². The Morgan fingerprint density at radius 1 is 1.20 bits per heavy atom. The first kappa shape index (κ1) is 13.9. The molecule has 0 fully saturated rings. The van der Waals surface area contributed by atoms with Crippen molar-refractivity contribution in [1.29, 1.82) is 0 Å². The SMILES string of the molecule is COc1ccc([N+](=O)[O-])cc1NCCc1ccccc1. The Balaban J connectivity index is 2.04. The van der Waals surface area contributed by atoms with Gasteiger partial charge < -0.3 is 10.1 Å². The van der Waals surface area contributed by atoms with E-state index in [2.05, 4.69) is 5.32 Å². The molecular weight excluding hydrogens is 256 g/mol. The van der Waals surface area contributed by atoms with Gasteiger partial charge in [0.05, 0.1) is 17.7 Å². The lowest BCUT2D eigenvalue weighted by molar-refractivity contribution is -0.384. The summed E-state index contributed by atoms with van der Waals surface area (Å²) in [6.45, 7) is 0.682. The topological polar surface area (TPSA) is 64.4 Å². The highest BCUT2D eigenvalue weighted by molar-refractivity contribution is 5.61. The van der Waals surface area contributed by atoms with E-state index in [0.29, 0.717) is 18.0 Å². The van der Waals surface area contributed by atoms with Crippen LogP contribution in [0.1, 0.15) is 5.56 Å². The van der Waals surface area contributed by atoms with Gasteiger partial charge in [-0.1, -0.05) is 30.3 Å². The molecule has 0 saturated carbocycles. The Labute approximate surface area is 117 Å². The summed E-state index contributed by atoms with van der Waals surface area (Å²) < 4.78 is 5.20. The average Bonchev–Trinajstić information content (AvgIpc) is 2.48. The van der Waals surface area contributed by atoms with Gasteiger partial charge in [-0.25, -0.2) is 0 Å². The second kappa shape index (κ2) is 6.56. The van der Waals surface area contributed by atoms with Crippen molar-refractivity contribution in [2.24, 2.45) is 0 Å². The summed E-state index contributed by atoms with van der Waals surface area (Å²) in [6, 6.07) is 14.6. The molecule has 0 saturated heterocycles. The third kappa shape index (κ3) is 3.47. The quantitative estimate of drug-likeness (QED) is 0.647. The maximum Gasteiger partial charge on any atom is 0.271 e. The summed E-state index contributed by atoms with van der Waals surface area (Å²) in [6.07, 6.45) is 0.840. The number of nitro benzene ring substituents is 1. The van der Waals surface area contributed by atoms with Crippen LogP contribution in [0.4, 0.5) is 11.4 Å². The number of hydrogen-bond acceptors (Lipinski definition) is 4. The van der Waals surface area contributed by atoms with E-state index in [-0.39, 0.29) is 5.69 Å². The summed E-state index contributed by atoms with van der Waals surface area (Å²) in [5.74, 6) is 0.601. The van der Waals surface area contributed by atoms with Crippen LogP contribution in [0.3, 0.4) is 0 Å². The fourth-order valence-electron chi connectivity index (χ4n) is 1.93. The molecule has 0 aromatic heterocycles. The van der Waals surface area contributed by atoms with Gasteiger partial charge in [-0.2, -0.15) is 0 Å². The van der Waals surface area contributed by atoms with E-state index < -0.39 is 4.92 Å². The van der Waals surface area contributed by atoms with Crippen LogP contribution in [0.5, 0.6) is 5.75 Å². The molecule has 0 atom stereocenters. The lowest BCUT2D eigenvalue weighted by atomic mass is 10.1. The number of non-ortho nitro benzene ring substituents is 1. The molecule has 5 heteroatoms. The summed E-state index contributed by atoms with van der Waals surface area (Å²) in [7, 11) is 1.55. The number of rotatable bonds is 6. The maximum atomic E-state index is 10.8. The van der Waals surface area contributed by atoms with E-state index in [0.717, 1.165) is 6.42 Å². The molecule has 0 amide bonds. The molecule has 5 nitrogen and oxygen atoms in total. The molecule has 2 aromatic rings. The molecule has 0 radical (unpaired) electrons. The number of methoxy groups -OCH3 is 1. The molecular formula is C15H16N2O3. The normalized spacial score (nSPS) is 10.1. The highest BCUT2D eigenvalue weighted by Crippen LogP contribution is 2.28. The number of anilines is 1. The third-order valence-electron chi connectivity index (χ3n) is 2.97. The molecule has 0 spiro atoms. The molecule has 1 N–H and O–H groups in total. The first-order valence-corrected chi connectivity index (χ1v) is 6.31. The molecule has 0 bridgehead atoms. The molecule has 104 valence electrons. The predicted molar refractivity (Wildman–Crippen MR) is 78.3 cm³/mol. The summed E-state index contributed by atoms with van der Waals surface area (Å²) in [4.78, 5) is 10.4. The maximum absolute atomic E-state index is 10.8. The van der Waals surface area contributed by atoms with Crippen LogP contribution in [-0.2, 0) is 6.42 Å². The van der Waals surface area contributed by atoms with E-state index in [1.54, 1.807) is 13.2 Å². The molecule has 0 unspecified atom stereocenters. The zero-order valence-corrected chi connectivity index (χ0v) is 11.2. The van der Waals surface area contributed by atoms with Crippen LogP contribution in [0, 0.1) is 10.1 Å². The van der Waals surface area contributed by atoms with Crippen molar-refractivity contribution < 1.29 is 9.66 Å². The van der Waals surface area contributed by atoms with Gasteiger partial charge in [0.25, 0.3) is 5.69 Å². The summed E-state index contributed by atoms with van der Waals surface area (Å²) in [5, 5.41) is 14.0. The first-order valence-electron chi connectivity index (χ1n) is 6.31. The summed E-state index contributed by atoms with van der Waals surface area (Å²) >= 11 is 0. The third-order valence-corrected chi connectivity index (χ3v) is 2.97. The van der Waals surface area contributed by atoms with Crippen molar-refractivity contribution in [3.63, 3.8) is 0 Å². The number of nitrogens with zero attached hydrogens (tertiary/aromatic N) is 1. The van der Waals surface area contributed by atoms with E-state index in [4.69, 9.17) is 4.74 Å². The Morgan fingerprint density at radius 2 is 1.95 bits per heavy atom. The minimum absolute atomic E-state index is 0.0491. The van der Waals surface area contributed by atoms with Crippen LogP contribution in [0.15, 0.2) is 48.5 Å². The fourth-order valence-corrected chi connectivity index (χ4v) is 1.93. The molecule has 2 rings (SSSR count). The minimum Gasteiger partial charge on any atom is -0.495 e. The second-order valence-corrected chi connectivity index (χ2v) is 4.30. The van der Waals surface area contributed by atoms with Crippen molar-refractivity contribution >= 4 is 11.4 Å². The fraction of sp³-hybridized carbons (Fsp3) is 0.200. The minimum atomic E-state index is -0.415. The average molecular weight is 272 g/mol. The van der Waals surface area contributed by atoms with Crippen molar-refractivity contribution in [2.45, 2.75) is 6.42 Å². The van der Waals surface area contributed by atoms with E-state index in [9.17, 15) is 10.1 Å². The van der Waals surface area contributed by atoms with Gasteiger partial charge in [-0.05, 0) is 18.1 Å². The highest BCUT2D eigenvalue weighted by Gasteiger charge is 2.10. The second-order valence-electron chi connectivity index (χ2n) is 4.30. The van der Waals surface area contributed by atoms with E-state index in [1.165, 1.54) is 17.7 Å². The zero-order chi connectivity index (χ0) is 14.4. The molecule has 0 aliphatic rings. The standard InChI is InChI=1S/C15H16N2O3/c1-20-15-8-7-13(17(18)19)11-14(15)16-10-9-12-5-3-2-4-6-12/h2-8,11,16H,9-10H2,1H3. The van der Waals surface area contributed by atoms with Crippen molar-refractivity contribution in [2.75, 3.05) is 19.0 Å². The number of benzene rings is 2. The van der Waals surface area contributed by atoms with E-state index >= 15 is 0 Å². The molecule has 0 aliphatic carbocycles. The van der Waals surface area contributed by atoms with Gasteiger partial charge in [0.1, 0.15) is 5.75 Å². The van der Waals surface area contributed by atoms with Crippen LogP contribution >= 0.6 is 0 Å². The number of nitro groups is 1. The smallest absolute Gasteiger partial charge is 0.271 e. The van der Waals surface area contributed by atoms with Gasteiger partial charge in [-0.3, -0.25) is 10.1 Å². The summed E-state index contributed by atoms with van der Waals surface area (Å²) in [5.41, 5.74) is 1.90. The Bertz CT molecular complexity index is 585. The Hall–Kier alpha value is -2.56. The van der Waals surface area contributed by atoms with Crippen LogP contribution in [0.25, 0.3) is 0 Å². The molecule has 2 aromatic carbocycles. The molecule has 20 heavy (non-hydrogen) atoms. The number of ether oxygens (including phenoxy) is 1.